The second-order valence-corrected chi connectivity index (χ2v) is 5.76. The summed E-state index contributed by atoms with van der Waals surface area (Å²) in [6.07, 6.45) is 1.96. The molecular formula is C18H16N2O4. The van der Waals surface area contributed by atoms with Gasteiger partial charge in [-0.3, -0.25) is 29.4 Å². The minimum Gasteiger partial charge on any atom is -0.295 e. The number of amides is 4. The Labute approximate surface area is 139 Å². The molecule has 4 amide bonds. The largest absolute Gasteiger partial charge is 0.295 e. The number of hydrogen-bond donors (Lipinski definition) is 1. The van der Waals surface area contributed by atoms with Crippen LogP contribution in [0.1, 0.15) is 58.9 Å². The highest BCUT2D eigenvalue weighted by atomic mass is 16.2. The topological polar surface area (TPSA) is 83.6 Å². The standard InChI is InChI=1S/C18H16N2O4/c1-2-3-4-5-11-6-7-12-13(10-11)18(24)20(17(12)23)14-8-9-15(21)19-16(14)22/h6-7,10,14H,2-3,8-9H2,1H3,(H,19,21,22). The van der Waals surface area contributed by atoms with Crippen LogP contribution in [0.2, 0.25) is 0 Å². The zero-order valence-corrected chi connectivity index (χ0v) is 13.2. The molecule has 1 fully saturated rings. The van der Waals surface area contributed by atoms with Crippen LogP contribution in [0.3, 0.4) is 0 Å². The first-order valence-electron chi connectivity index (χ1n) is 7.87. The number of nitrogens with zero attached hydrogens (tertiary/aromatic N) is 1. The summed E-state index contributed by atoms with van der Waals surface area (Å²) in [5.41, 5.74) is 1.19. The predicted molar refractivity (Wildman–Crippen MR) is 84.9 cm³/mol. The van der Waals surface area contributed by atoms with Gasteiger partial charge in [-0.15, -0.1) is 0 Å². The van der Waals surface area contributed by atoms with Gasteiger partial charge in [0.25, 0.3) is 11.8 Å². The molecule has 122 valence electrons. The maximum Gasteiger partial charge on any atom is 0.262 e. The first kappa shape index (κ1) is 15.9. The molecule has 1 aromatic carbocycles. The molecule has 1 N–H and O–H groups in total. The Balaban J connectivity index is 1.90. The molecule has 3 rings (SSSR count). The summed E-state index contributed by atoms with van der Waals surface area (Å²) in [6, 6.07) is 3.91. The molecule has 1 saturated heterocycles. The van der Waals surface area contributed by atoms with Gasteiger partial charge in [0.2, 0.25) is 11.8 Å². The van der Waals surface area contributed by atoms with E-state index >= 15 is 0 Å². The highest BCUT2D eigenvalue weighted by Crippen LogP contribution is 2.28. The monoisotopic (exact) mass is 324 g/mol. The lowest BCUT2D eigenvalue weighted by Crippen LogP contribution is -2.54. The number of imide groups is 2. The molecule has 0 spiro atoms. The number of hydrogen-bond acceptors (Lipinski definition) is 4. The third-order valence-electron chi connectivity index (χ3n) is 4.05. The average molecular weight is 324 g/mol. The van der Waals surface area contributed by atoms with E-state index in [4.69, 9.17) is 0 Å². The molecular weight excluding hydrogens is 308 g/mol. The van der Waals surface area contributed by atoms with Crippen molar-refractivity contribution in [2.45, 2.75) is 38.6 Å². The maximum absolute atomic E-state index is 12.6. The molecule has 0 aromatic heterocycles. The van der Waals surface area contributed by atoms with Crippen LogP contribution in [0.15, 0.2) is 18.2 Å². The Morgan fingerprint density at radius 3 is 2.62 bits per heavy atom. The molecule has 1 unspecified atom stereocenters. The number of carbonyl (C=O) groups is 4. The van der Waals surface area contributed by atoms with Crippen molar-refractivity contribution in [2.75, 3.05) is 0 Å². The van der Waals surface area contributed by atoms with Crippen LogP contribution >= 0.6 is 0 Å². The van der Waals surface area contributed by atoms with Gasteiger partial charge >= 0.3 is 0 Å². The van der Waals surface area contributed by atoms with Crippen molar-refractivity contribution < 1.29 is 19.2 Å². The third kappa shape index (κ3) is 2.69. The molecule has 1 atom stereocenters. The fraction of sp³-hybridized carbons (Fsp3) is 0.333. The number of nitrogens with one attached hydrogen (secondary N) is 1. The number of carbonyl (C=O) groups excluding carboxylic acids is 4. The third-order valence-corrected chi connectivity index (χ3v) is 4.05. The smallest absolute Gasteiger partial charge is 0.262 e. The lowest BCUT2D eigenvalue weighted by atomic mass is 10.0. The second-order valence-electron chi connectivity index (χ2n) is 5.76. The fourth-order valence-electron chi connectivity index (χ4n) is 2.84. The molecule has 0 bridgehead atoms. The number of rotatable bonds is 2. The van der Waals surface area contributed by atoms with Gasteiger partial charge in [-0.25, -0.2) is 0 Å². The molecule has 2 aliphatic rings. The average Bonchev–Trinajstić information content (AvgIpc) is 2.80. The van der Waals surface area contributed by atoms with E-state index in [1.54, 1.807) is 18.2 Å². The quantitative estimate of drug-likeness (QED) is 0.655. The van der Waals surface area contributed by atoms with E-state index in [2.05, 4.69) is 17.2 Å². The molecule has 6 nitrogen and oxygen atoms in total. The molecule has 2 heterocycles. The Hall–Kier alpha value is -2.94. The number of fused-ring (bicyclic) bond motifs is 1. The molecule has 0 saturated carbocycles. The van der Waals surface area contributed by atoms with Gasteiger partial charge in [0, 0.05) is 18.4 Å². The maximum atomic E-state index is 12.6. The minimum atomic E-state index is -0.940. The van der Waals surface area contributed by atoms with E-state index in [1.807, 2.05) is 6.92 Å². The second kappa shape index (κ2) is 6.28. The predicted octanol–water partition coefficient (Wildman–Crippen LogP) is 1.24. The van der Waals surface area contributed by atoms with Crippen molar-refractivity contribution in [2.24, 2.45) is 0 Å². The number of benzene rings is 1. The highest BCUT2D eigenvalue weighted by molar-refractivity contribution is 6.23. The van der Waals surface area contributed by atoms with Crippen LogP contribution < -0.4 is 5.32 Å². The van der Waals surface area contributed by atoms with Crippen LogP contribution in [0, 0.1) is 11.8 Å². The summed E-state index contributed by atoms with van der Waals surface area (Å²) >= 11 is 0. The summed E-state index contributed by atoms with van der Waals surface area (Å²) in [7, 11) is 0. The summed E-state index contributed by atoms with van der Waals surface area (Å²) in [5, 5.41) is 2.17. The van der Waals surface area contributed by atoms with Crippen molar-refractivity contribution in [3.63, 3.8) is 0 Å². The SMILES string of the molecule is CCCC#Cc1ccc2c(c1)C(=O)N(C1CCC(=O)NC1=O)C2=O. The van der Waals surface area contributed by atoms with Crippen molar-refractivity contribution in [3.8, 4) is 11.8 Å². The van der Waals surface area contributed by atoms with Gasteiger partial charge in [-0.05, 0) is 31.0 Å². The van der Waals surface area contributed by atoms with Crippen LogP contribution in [0.4, 0.5) is 0 Å². The van der Waals surface area contributed by atoms with Gasteiger partial charge in [-0.1, -0.05) is 18.8 Å². The van der Waals surface area contributed by atoms with Crippen molar-refractivity contribution in [3.05, 3.63) is 34.9 Å². The van der Waals surface area contributed by atoms with E-state index in [9.17, 15) is 19.2 Å². The zero-order chi connectivity index (χ0) is 17.3. The molecule has 2 aliphatic heterocycles. The van der Waals surface area contributed by atoms with E-state index in [0.717, 1.165) is 17.7 Å². The first-order chi connectivity index (χ1) is 11.5. The Morgan fingerprint density at radius 2 is 1.92 bits per heavy atom. The van der Waals surface area contributed by atoms with E-state index in [0.29, 0.717) is 5.56 Å². The van der Waals surface area contributed by atoms with Crippen LogP contribution in [-0.2, 0) is 9.59 Å². The van der Waals surface area contributed by atoms with Gasteiger partial charge in [0.15, 0.2) is 0 Å². The van der Waals surface area contributed by atoms with Gasteiger partial charge in [0.1, 0.15) is 6.04 Å². The lowest BCUT2D eigenvalue weighted by Gasteiger charge is -2.27. The lowest BCUT2D eigenvalue weighted by molar-refractivity contribution is -0.136. The normalized spacial score (nSPS) is 19.7. The summed E-state index contributed by atoms with van der Waals surface area (Å²) in [4.78, 5) is 49.3. The van der Waals surface area contributed by atoms with E-state index < -0.39 is 23.8 Å². The van der Waals surface area contributed by atoms with E-state index in [1.165, 1.54) is 0 Å². The zero-order valence-electron chi connectivity index (χ0n) is 13.2. The van der Waals surface area contributed by atoms with Crippen molar-refractivity contribution in [1.82, 2.24) is 10.2 Å². The summed E-state index contributed by atoms with van der Waals surface area (Å²) in [5.74, 6) is 3.95. The molecule has 1 aromatic rings. The number of unbranched alkanes of at least 4 members (excludes halogenated alkanes) is 1. The van der Waals surface area contributed by atoms with Crippen molar-refractivity contribution >= 4 is 23.6 Å². The van der Waals surface area contributed by atoms with Crippen LogP contribution in [-0.4, -0.2) is 34.6 Å². The Morgan fingerprint density at radius 1 is 1.17 bits per heavy atom. The van der Waals surface area contributed by atoms with Gasteiger partial charge in [-0.2, -0.15) is 0 Å². The molecule has 24 heavy (non-hydrogen) atoms. The number of piperidine rings is 1. The minimum absolute atomic E-state index is 0.109. The van der Waals surface area contributed by atoms with Crippen molar-refractivity contribution in [1.29, 1.82) is 0 Å². The first-order valence-corrected chi connectivity index (χ1v) is 7.87. The fourth-order valence-corrected chi connectivity index (χ4v) is 2.84. The molecule has 6 heteroatoms. The van der Waals surface area contributed by atoms with Gasteiger partial charge < -0.3 is 0 Å². The Kier molecular flexibility index (Phi) is 4.17. The summed E-state index contributed by atoms with van der Waals surface area (Å²) in [6.45, 7) is 2.03. The van der Waals surface area contributed by atoms with Crippen LogP contribution in [0.25, 0.3) is 0 Å². The highest BCUT2D eigenvalue weighted by Gasteiger charge is 2.44. The van der Waals surface area contributed by atoms with Crippen LogP contribution in [0.5, 0.6) is 0 Å². The Bertz CT molecular complexity index is 816. The molecule has 0 aliphatic carbocycles. The summed E-state index contributed by atoms with van der Waals surface area (Å²) < 4.78 is 0. The van der Waals surface area contributed by atoms with Gasteiger partial charge in [0.05, 0.1) is 11.1 Å². The van der Waals surface area contributed by atoms with E-state index in [-0.39, 0.29) is 29.9 Å². The molecule has 0 radical (unpaired) electrons.